The number of carbonyl (C=O) groups is 11. The molecule has 4 saturated carbocycles. The quantitative estimate of drug-likeness (QED) is 0.0198. The molecule has 4 aliphatic heterocycles. The molecule has 8 aliphatic rings. The van der Waals surface area contributed by atoms with Crippen LogP contribution in [0.4, 0.5) is 0 Å². The van der Waals surface area contributed by atoms with Crippen molar-refractivity contribution in [2.24, 2.45) is 75.9 Å². The molecule has 5 amide bonds. The number of rotatable bonds is 34. The Hall–Kier alpha value is -6.69. The number of carbonyl (C=O) groups excluding carboxylic acids is 10. The van der Waals surface area contributed by atoms with Crippen LogP contribution in [-0.4, -0.2) is 200 Å². The number of nitrogens with zero attached hydrogens (tertiary/aromatic N) is 3. The van der Waals surface area contributed by atoms with Crippen LogP contribution in [0.2, 0.25) is 0 Å². The van der Waals surface area contributed by atoms with E-state index in [0.29, 0.717) is 70.1 Å². The SMILES string of the molecule is C.C.C=CCCC(C)C[C@@H](CC)[C@H](CC(=O)OC(C)(C)C)C(=O)N1C[C@H](O)C[C@H]1C(=O)C[C@]1(C(=O)NS(=O)(=O)C2CC2)C[C@H]1C=C.C=CCCC(C)C[C@@H](CC)[C@H](CC(=O)OC(C)(C)C)C(=O)N1C[C@H](O)C[C@H]1C(=O)O.CC[C@@H]1CC(C)CC/C=C\[C@@H]2C[C@@]2(C(=O)NS(=O)(=O)C2CC2)CC(=O)[C@@H]2C[C@@H](O)CN2C(=O)[C@H]1CC(=O)OC(C)(C)C. The number of Topliss-reactive ketones (excluding diaryl/α,β-unsaturated/α-hetero) is 2. The Balaban J connectivity index is 0.000000376. The summed E-state index contributed by atoms with van der Waals surface area (Å²) in [5.41, 5.74) is -4.58. The molecule has 27 nitrogen and oxygen atoms in total. The topological polar surface area (TPSA) is 398 Å². The molecule has 4 heterocycles. The van der Waals surface area contributed by atoms with Gasteiger partial charge in [-0.3, -0.25) is 57.4 Å². The normalized spacial score (nSPS) is 28.4. The summed E-state index contributed by atoms with van der Waals surface area (Å²) in [4.78, 5) is 150. The highest BCUT2D eigenvalue weighted by atomic mass is 32.2. The third-order valence-corrected chi connectivity index (χ3v) is 27.9. The number of allylic oxidation sites excluding steroid dienone is 5. The minimum Gasteiger partial charge on any atom is -0.480 e. The van der Waals surface area contributed by atoms with E-state index in [-0.39, 0.29) is 157 Å². The second-order valence-corrected chi connectivity index (χ2v) is 41.7. The summed E-state index contributed by atoms with van der Waals surface area (Å²) >= 11 is 0. The van der Waals surface area contributed by atoms with E-state index in [1.165, 1.54) is 14.7 Å². The van der Waals surface area contributed by atoms with Gasteiger partial charge in [-0.15, -0.1) is 19.7 Å². The summed E-state index contributed by atoms with van der Waals surface area (Å²) in [6.07, 6.45) is 17.5. The number of likely N-dealkylation sites (tertiary alicyclic amines) is 2. The molecule has 118 heavy (non-hydrogen) atoms. The Morgan fingerprint density at radius 3 is 1.50 bits per heavy atom. The first kappa shape index (κ1) is 104. The van der Waals surface area contributed by atoms with Crippen molar-refractivity contribution in [1.29, 1.82) is 0 Å². The van der Waals surface area contributed by atoms with E-state index >= 15 is 0 Å². The molecule has 19 atom stereocenters. The van der Waals surface area contributed by atoms with E-state index in [4.69, 9.17) is 14.2 Å². The van der Waals surface area contributed by atoms with Crippen LogP contribution in [0.1, 0.15) is 286 Å². The number of carboxylic acid groups (broad SMARTS) is 1. The zero-order valence-corrected chi connectivity index (χ0v) is 73.4. The van der Waals surface area contributed by atoms with Crippen molar-refractivity contribution < 1.29 is 104 Å². The van der Waals surface area contributed by atoms with Gasteiger partial charge < -0.3 is 49.3 Å². The summed E-state index contributed by atoms with van der Waals surface area (Å²) < 4.78 is 71.3. The van der Waals surface area contributed by atoms with Crippen molar-refractivity contribution >= 4 is 85.0 Å². The molecule has 6 N–H and O–H groups in total. The average molecular weight is 1700 g/mol. The van der Waals surface area contributed by atoms with Crippen LogP contribution in [0.3, 0.4) is 0 Å². The maximum atomic E-state index is 14.3. The van der Waals surface area contributed by atoms with Crippen LogP contribution in [0.25, 0.3) is 0 Å². The van der Waals surface area contributed by atoms with Gasteiger partial charge in [0.15, 0.2) is 11.6 Å². The Bertz CT molecular complexity index is 3780. The van der Waals surface area contributed by atoms with Crippen molar-refractivity contribution in [2.45, 2.75) is 349 Å². The van der Waals surface area contributed by atoms with Gasteiger partial charge in [0.1, 0.15) is 22.8 Å². The number of fused-ring (bicyclic) bond motifs is 2. The Kier molecular flexibility index (Phi) is 38.5. The van der Waals surface area contributed by atoms with Crippen LogP contribution >= 0.6 is 0 Å². The predicted octanol–water partition coefficient (Wildman–Crippen LogP) is 12.0. The van der Waals surface area contributed by atoms with Gasteiger partial charge in [-0.05, 0) is 206 Å². The van der Waals surface area contributed by atoms with Gasteiger partial charge in [0, 0.05) is 51.7 Å². The molecule has 3 saturated heterocycles. The number of β-amino-alcohol motifs (C(OH)–C–C–N with tert-alkyl or cyclic N) is 2. The first-order valence-electron chi connectivity index (χ1n) is 42.5. The van der Waals surface area contributed by atoms with E-state index in [1.54, 1.807) is 68.4 Å². The second kappa shape index (κ2) is 43.9. The number of ether oxygens (including phenoxy) is 3. The third kappa shape index (κ3) is 29.8. The van der Waals surface area contributed by atoms with E-state index in [9.17, 15) is 90.0 Å². The highest BCUT2D eigenvalue weighted by Crippen LogP contribution is 2.59. The summed E-state index contributed by atoms with van der Waals surface area (Å²) in [7, 11) is -7.61. The second-order valence-electron chi connectivity index (χ2n) is 37.8. The molecule has 0 bridgehead atoms. The van der Waals surface area contributed by atoms with Crippen molar-refractivity contribution in [3.05, 3.63) is 50.1 Å². The molecule has 4 aliphatic carbocycles. The highest BCUT2D eigenvalue weighted by Gasteiger charge is 2.63. The lowest BCUT2D eigenvalue weighted by Gasteiger charge is -2.33. The van der Waals surface area contributed by atoms with Crippen molar-refractivity contribution in [2.75, 3.05) is 19.6 Å². The largest absolute Gasteiger partial charge is 0.480 e. The summed E-state index contributed by atoms with van der Waals surface area (Å²) in [6.45, 7) is 39.4. The lowest BCUT2D eigenvalue weighted by Crippen LogP contribution is -2.48. The molecule has 672 valence electrons. The Morgan fingerprint density at radius 1 is 0.627 bits per heavy atom. The maximum Gasteiger partial charge on any atom is 0.326 e. The van der Waals surface area contributed by atoms with Crippen molar-refractivity contribution in [1.82, 2.24) is 24.1 Å². The molecule has 3 unspecified atom stereocenters. The van der Waals surface area contributed by atoms with Gasteiger partial charge in [-0.25, -0.2) is 21.6 Å². The molecule has 0 spiro atoms. The number of esters is 3. The number of aliphatic hydroxyl groups is 3. The monoisotopic (exact) mass is 1700 g/mol. The molecule has 8 rings (SSSR count). The lowest BCUT2D eigenvalue weighted by atomic mass is 9.79. The predicted molar refractivity (Wildman–Crippen MR) is 452 cm³/mol. The number of hydrogen-bond acceptors (Lipinski definition) is 21. The number of carboxylic acids is 1. The molecule has 29 heteroatoms. The van der Waals surface area contributed by atoms with Crippen molar-refractivity contribution in [3.63, 3.8) is 0 Å². The average Bonchev–Trinajstić information content (AvgIpc) is 1.58. The molecule has 0 aromatic carbocycles. The standard InChI is InChI=1S/C33H52N2O8S.C31H48N2O8S.C23H39NO6.2CH4/c1-8-11-12-21(4)15-22(9-2)26(17-29(38)43-32(5,6)7)30(39)35-20-24(36)16-27(35)28(37)19-33(18-23(33)10-3)31(40)34-44(41,42)25-13-14-25;1-6-20-13-19(2)9-7-8-10-21-16-31(21,29(38)32-42(39,40)23-11-12-23)17-26(35)25-14-22(34)18-33(25)28(37)24(20)15-27(36)41-30(3,4)5;1-7-9-10-15(3)11-16(8-2)18(13-20(26)30-23(4,5)6)21(27)24-14-17(25)12-19(24)22(28)29;;/h8,10,21-27,36H,1,3,9,11-20H2,2,4-7H3,(H,34,40);8,10,19-25,34H,6-7,9,11-18H2,1-5H3,(H,32,38);7,15-19,25H,1,8-14H2,2-6H3,(H,28,29);2*1H4/b;10-8-;;;/t21?,22-,23-,24-,26+,27+,33-;19?,20-,21-,22-,24+,25+,31-;15?,16-,17-,18+,19+;;/m111../s1. The first-order valence-corrected chi connectivity index (χ1v) is 45.5. The van der Waals surface area contributed by atoms with Gasteiger partial charge in [0.25, 0.3) is 0 Å². The molecular weight excluding hydrogens is 1560 g/mol. The summed E-state index contributed by atoms with van der Waals surface area (Å²) in [5, 5.41) is 39.5. The van der Waals surface area contributed by atoms with Gasteiger partial charge in [-0.2, -0.15) is 0 Å². The third-order valence-electron chi connectivity index (χ3n) is 24.2. The highest BCUT2D eigenvalue weighted by molar-refractivity contribution is 7.91. The number of ketones is 2. The minimum absolute atomic E-state index is 0. The van der Waals surface area contributed by atoms with E-state index in [0.717, 1.165) is 44.9 Å². The summed E-state index contributed by atoms with van der Waals surface area (Å²) in [5.74, 6) is -8.24. The van der Waals surface area contributed by atoms with Crippen LogP contribution in [0.15, 0.2) is 50.1 Å². The fraction of sp³-hybridized carbons (Fsp3) is 0.787. The van der Waals surface area contributed by atoms with E-state index < -0.39 is 154 Å². The molecular formula is C89H147N5O22S2. The number of amides is 5. The molecule has 0 radical (unpaired) electrons. The maximum absolute atomic E-state index is 14.3. The van der Waals surface area contributed by atoms with Crippen LogP contribution in [0.5, 0.6) is 0 Å². The molecule has 7 fully saturated rings. The molecule has 0 aromatic rings. The first-order chi connectivity index (χ1) is 53.9. The number of aliphatic carboxylic acids is 1. The van der Waals surface area contributed by atoms with Gasteiger partial charge in [0.05, 0.1) is 88.7 Å². The Morgan fingerprint density at radius 2 is 1.08 bits per heavy atom. The zero-order valence-electron chi connectivity index (χ0n) is 71.8. The van der Waals surface area contributed by atoms with Crippen LogP contribution in [-0.2, 0) is 87.0 Å². The fourth-order valence-corrected chi connectivity index (χ4v) is 20.2. The van der Waals surface area contributed by atoms with Crippen LogP contribution in [0, 0.1) is 75.9 Å². The number of sulfonamides is 2. The zero-order chi connectivity index (χ0) is 87.1. The molecule has 0 aromatic heterocycles. The summed E-state index contributed by atoms with van der Waals surface area (Å²) in [6, 6.07) is -3.02. The Labute approximate surface area is 704 Å². The lowest BCUT2D eigenvalue weighted by molar-refractivity contribution is -0.161. The number of aliphatic hydroxyl groups excluding tert-OH is 3. The van der Waals surface area contributed by atoms with Gasteiger partial charge >= 0.3 is 23.9 Å². The van der Waals surface area contributed by atoms with Gasteiger partial charge in [0.2, 0.25) is 49.6 Å². The van der Waals surface area contributed by atoms with Crippen LogP contribution < -0.4 is 9.44 Å². The fourth-order valence-electron chi connectivity index (χ4n) is 17.5. The number of nitrogens with one attached hydrogen (secondary N) is 2. The van der Waals surface area contributed by atoms with Gasteiger partial charge in [-0.1, -0.05) is 106 Å². The van der Waals surface area contributed by atoms with E-state index in [2.05, 4.69) is 50.0 Å². The van der Waals surface area contributed by atoms with Crippen molar-refractivity contribution in [3.8, 4) is 0 Å². The minimum atomic E-state index is -3.81. The van der Waals surface area contributed by atoms with E-state index in [1.807, 2.05) is 45.1 Å². The smallest absolute Gasteiger partial charge is 0.326 e. The number of hydrogen-bond donors (Lipinski definition) is 6.